The van der Waals surface area contributed by atoms with E-state index in [-0.39, 0.29) is 17.5 Å². The number of carboxylic acids is 2. The number of para-hydroxylation sites is 2. The molecule has 0 radical (unpaired) electrons. The summed E-state index contributed by atoms with van der Waals surface area (Å²) in [6, 6.07) is 35.8. The first-order valence-corrected chi connectivity index (χ1v) is 27.3. The molecule has 5 aromatic carbocycles. The number of fused-ring (bicyclic) bond motifs is 11. The minimum atomic E-state index is -1.03. The normalized spacial score (nSPS) is 17.2. The molecule has 13 heteroatoms. The number of rotatable bonds is 8. The Hall–Kier alpha value is -7.80. The lowest BCUT2D eigenvalue weighted by Crippen LogP contribution is -2.55. The number of carboxylic acid groups (broad SMARTS) is 2. The molecule has 13 rings (SSSR count). The molecule has 6 N–H and O–H groups in total. The van der Waals surface area contributed by atoms with E-state index in [0.717, 1.165) is 66.6 Å². The van der Waals surface area contributed by atoms with Gasteiger partial charge < -0.3 is 45.2 Å². The van der Waals surface area contributed by atoms with Crippen molar-refractivity contribution in [2.75, 3.05) is 29.0 Å². The van der Waals surface area contributed by atoms with E-state index >= 15 is 0 Å². The molecular weight excluding hydrogens is 939 g/mol. The molecule has 8 aromatic rings. The highest BCUT2D eigenvalue weighted by molar-refractivity contribution is 6.07. The van der Waals surface area contributed by atoms with E-state index in [1.165, 1.54) is 114 Å². The van der Waals surface area contributed by atoms with Gasteiger partial charge in [0.1, 0.15) is 11.2 Å². The maximum Gasteiger partial charge on any atom is 0.352 e. The van der Waals surface area contributed by atoms with Crippen LogP contribution < -0.4 is 21.3 Å². The van der Waals surface area contributed by atoms with Crippen molar-refractivity contribution in [1.82, 2.24) is 19.0 Å². The van der Waals surface area contributed by atoms with Crippen LogP contribution in [0.25, 0.3) is 55.2 Å². The molecule has 2 aliphatic heterocycles. The van der Waals surface area contributed by atoms with E-state index in [9.17, 15) is 29.4 Å². The van der Waals surface area contributed by atoms with Gasteiger partial charge >= 0.3 is 11.9 Å². The van der Waals surface area contributed by atoms with Gasteiger partial charge in [0.2, 0.25) is 5.91 Å². The first-order valence-electron chi connectivity index (χ1n) is 27.3. The maximum absolute atomic E-state index is 14.1. The lowest BCUT2D eigenvalue weighted by molar-refractivity contribution is -0.122. The second kappa shape index (κ2) is 19.8. The third kappa shape index (κ3) is 8.69. The minimum absolute atomic E-state index is 0.177. The van der Waals surface area contributed by atoms with Crippen molar-refractivity contribution < 1.29 is 29.4 Å². The fraction of sp³-hybridized carbons (Fsp3) is 0.355. The van der Waals surface area contributed by atoms with Gasteiger partial charge in [-0.3, -0.25) is 9.59 Å². The molecule has 3 aromatic heterocycles. The Kier molecular flexibility index (Phi) is 12.7. The Balaban J connectivity index is 0.000000177. The molecule has 3 aliphatic carbocycles. The number of anilines is 3. The third-order valence-corrected chi connectivity index (χ3v) is 17.2. The molecule has 5 aliphatic rings. The zero-order valence-corrected chi connectivity index (χ0v) is 42.6. The largest absolute Gasteiger partial charge is 0.478 e. The summed E-state index contributed by atoms with van der Waals surface area (Å²) in [4.78, 5) is 51.2. The predicted molar refractivity (Wildman–Crippen MR) is 298 cm³/mol. The zero-order chi connectivity index (χ0) is 51.4. The van der Waals surface area contributed by atoms with Crippen molar-refractivity contribution in [3.05, 3.63) is 137 Å². The summed E-state index contributed by atoms with van der Waals surface area (Å²) in [5, 5.41) is 35.6. The summed E-state index contributed by atoms with van der Waals surface area (Å²) in [5.74, 6) is -1.33. The van der Waals surface area contributed by atoms with Crippen molar-refractivity contribution >= 4 is 73.5 Å². The average Bonchev–Trinajstić information content (AvgIpc) is 4.19. The first-order chi connectivity index (χ1) is 36.6. The summed E-state index contributed by atoms with van der Waals surface area (Å²) < 4.78 is 6.38. The Labute approximate surface area is 436 Å². The van der Waals surface area contributed by atoms with Crippen LogP contribution in [0.1, 0.15) is 144 Å². The van der Waals surface area contributed by atoms with Gasteiger partial charge in [-0.1, -0.05) is 99.9 Å². The standard InChI is InChI=1S/C39H41N5O4.C23H24N2O2/c1-43-31-16-14-27(21-26(31)23-33(43)37(46)47)41-38(48)39(17-7-8-18-39)42-36(45)25-13-15-29-32(22-25)44-20-19-40-30-12-6-5-11-28(30)35(44)34(29)24-9-3-2-4-10-24;26-23(27)16-10-11-18-20(14-16)25-13-12-24-19-9-5-4-8-17(19)22(25)21(18)15-6-2-1-3-7-15/h5-6,11-16,21-24,40H,2-4,7-10,17-20H2,1H3,(H,41,48)(H,42,45)(H,46,47);4-5,8-11,14-15,24H,1-3,6-7,12-13H2,(H,26,27). The van der Waals surface area contributed by atoms with E-state index in [4.69, 9.17) is 0 Å². The van der Waals surface area contributed by atoms with E-state index in [1.807, 2.05) is 30.3 Å². The topological polar surface area (TPSA) is 172 Å². The van der Waals surface area contributed by atoms with Gasteiger partial charge in [-0.2, -0.15) is 0 Å². The van der Waals surface area contributed by atoms with Crippen LogP contribution >= 0.6 is 0 Å². The van der Waals surface area contributed by atoms with Crippen molar-refractivity contribution in [2.45, 2.75) is 120 Å². The predicted octanol–water partition coefficient (Wildman–Crippen LogP) is 13.1. The lowest BCUT2D eigenvalue weighted by atomic mass is 9.81. The molecule has 2 amide bonds. The van der Waals surface area contributed by atoms with Crippen LogP contribution in [0.5, 0.6) is 0 Å². The molecule has 5 heterocycles. The smallest absolute Gasteiger partial charge is 0.352 e. The average molecular weight is 1000 g/mol. The number of nitrogens with one attached hydrogen (secondary N) is 4. The van der Waals surface area contributed by atoms with Crippen LogP contribution in [0.2, 0.25) is 0 Å². The van der Waals surface area contributed by atoms with E-state index in [1.54, 1.807) is 35.9 Å². The molecule has 384 valence electrons. The second-order valence-corrected chi connectivity index (χ2v) is 21.6. The van der Waals surface area contributed by atoms with Gasteiger partial charge in [0.05, 0.1) is 17.0 Å². The van der Waals surface area contributed by atoms with Gasteiger partial charge in [-0.15, -0.1) is 0 Å². The maximum atomic E-state index is 14.1. The summed E-state index contributed by atoms with van der Waals surface area (Å²) in [7, 11) is 1.71. The van der Waals surface area contributed by atoms with Crippen molar-refractivity contribution in [3.8, 4) is 22.5 Å². The Morgan fingerprint density at radius 3 is 1.65 bits per heavy atom. The molecule has 0 atom stereocenters. The number of hydrogen-bond acceptors (Lipinski definition) is 6. The summed E-state index contributed by atoms with van der Waals surface area (Å²) in [6.45, 7) is 3.28. The fourth-order valence-electron chi connectivity index (χ4n) is 13.5. The number of aryl methyl sites for hydroxylation is 1. The lowest BCUT2D eigenvalue weighted by Gasteiger charge is -2.29. The van der Waals surface area contributed by atoms with Crippen LogP contribution in [-0.4, -0.2) is 66.3 Å². The quantitative estimate of drug-likeness (QED) is 0.0873. The van der Waals surface area contributed by atoms with Gasteiger partial charge in [-0.25, -0.2) is 9.59 Å². The Morgan fingerprint density at radius 1 is 0.573 bits per heavy atom. The van der Waals surface area contributed by atoms with E-state index < -0.39 is 17.5 Å². The van der Waals surface area contributed by atoms with E-state index in [0.29, 0.717) is 41.5 Å². The number of aromatic nitrogens is 3. The molecule has 0 unspecified atom stereocenters. The highest BCUT2D eigenvalue weighted by Crippen LogP contribution is 2.48. The first kappa shape index (κ1) is 48.2. The SMILES string of the molecule is Cn1c(C(=O)O)cc2cc(NC(=O)C3(NC(=O)c4ccc5c(C6CCCCC6)c6n(c5c4)CCNc4ccccc4-6)CCCC3)ccc21.O=C(O)c1ccc2c(C3CCCCC3)c3n(c2c1)CCNc1ccccc1-3. The minimum Gasteiger partial charge on any atom is -0.478 e. The zero-order valence-electron chi connectivity index (χ0n) is 42.6. The molecule has 3 fully saturated rings. The van der Waals surface area contributed by atoms with Gasteiger partial charge in [0.15, 0.2) is 0 Å². The number of carbonyl (C=O) groups is 4. The third-order valence-electron chi connectivity index (χ3n) is 17.2. The van der Waals surface area contributed by atoms with Crippen LogP contribution in [0.4, 0.5) is 17.1 Å². The summed E-state index contributed by atoms with van der Waals surface area (Å²) in [5.41, 5.74) is 13.7. The number of benzene rings is 5. The molecule has 0 bridgehead atoms. The van der Waals surface area contributed by atoms with Gasteiger partial charge in [-0.05, 0) is 122 Å². The van der Waals surface area contributed by atoms with Gasteiger partial charge in [0.25, 0.3) is 5.91 Å². The molecule has 0 spiro atoms. The van der Waals surface area contributed by atoms with Gasteiger partial charge in [0, 0.05) is 99.7 Å². The number of amides is 2. The highest BCUT2D eigenvalue weighted by Gasteiger charge is 2.43. The Morgan fingerprint density at radius 2 is 1.11 bits per heavy atom. The monoisotopic (exact) mass is 1000 g/mol. The number of carbonyl (C=O) groups excluding carboxylic acids is 2. The molecule has 0 saturated heterocycles. The van der Waals surface area contributed by atoms with Crippen molar-refractivity contribution in [1.29, 1.82) is 0 Å². The fourth-order valence-corrected chi connectivity index (χ4v) is 13.5. The number of nitrogens with zero attached hydrogens (tertiary/aromatic N) is 3. The molecular formula is C62H65N7O6. The van der Waals surface area contributed by atoms with Crippen LogP contribution in [0, 0.1) is 0 Å². The highest BCUT2D eigenvalue weighted by atomic mass is 16.4. The van der Waals surface area contributed by atoms with E-state index in [2.05, 4.69) is 85.0 Å². The molecule has 75 heavy (non-hydrogen) atoms. The van der Waals surface area contributed by atoms with Crippen LogP contribution in [0.3, 0.4) is 0 Å². The number of hydrogen-bond donors (Lipinski definition) is 6. The molecule has 13 nitrogen and oxygen atoms in total. The van der Waals surface area contributed by atoms with Crippen molar-refractivity contribution in [3.63, 3.8) is 0 Å². The number of aromatic carboxylic acids is 2. The summed E-state index contributed by atoms with van der Waals surface area (Å²) in [6.07, 6.45) is 15.3. The molecule has 3 saturated carbocycles. The summed E-state index contributed by atoms with van der Waals surface area (Å²) >= 11 is 0. The van der Waals surface area contributed by atoms with Crippen LogP contribution in [0.15, 0.2) is 109 Å². The van der Waals surface area contributed by atoms with Crippen LogP contribution in [-0.2, 0) is 24.9 Å². The van der Waals surface area contributed by atoms with Crippen molar-refractivity contribution in [2.24, 2.45) is 7.05 Å². The second-order valence-electron chi connectivity index (χ2n) is 21.6. The Bertz CT molecular complexity index is 3560.